The van der Waals surface area contributed by atoms with Gasteiger partial charge in [-0.25, -0.2) is 4.79 Å². The van der Waals surface area contributed by atoms with Crippen LogP contribution in [0.25, 0.3) is 0 Å². The van der Waals surface area contributed by atoms with Crippen LogP contribution in [0.3, 0.4) is 0 Å². The average Bonchev–Trinajstić information content (AvgIpc) is 3.35. The third-order valence-electron chi connectivity index (χ3n) is 7.61. The highest BCUT2D eigenvalue weighted by molar-refractivity contribution is 8.00. The number of ether oxygens (including phenoxy) is 1. The molecule has 0 spiro atoms. The molecule has 17 nitrogen and oxygen atoms in total. The highest BCUT2D eigenvalue weighted by atomic mass is 32.2. The summed E-state index contributed by atoms with van der Waals surface area (Å²) in [5.41, 5.74) is 6.11. The van der Waals surface area contributed by atoms with Crippen molar-refractivity contribution < 1.29 is 51.3 Å². The molecule has 0 radical (unpaired) electrons. The Labute approximate surface area is 294 Å². The van der Waals surface area contributed by atoms with Crippen molar-refractivity contribution in [1.29, 1.82) is 0 Å². The number of urea groups is 1. The topological polar surface area (TPSA) is 260 Å². The fourth-order valence-electron chi connectivity index (χ4n) is 4.46. The minimum atomic E-state index is -5.05. The van der Waals surface area contributed by atoms with Crippen LogP contribution in [0.1, 0.15) is 52.5 Å². The van der Waals surface area contributed by atoms with Crippen molar-refractivity contribution in [2.45, 2.75) is 75.6 Å². The molecule has 1 aromatic rings. The van der Waals surface area contributed by atoms with Crippen LogP contribution in [0.4, 0.5) is 10.5 Å². The van der Waals surface area contributed by atoms with Gasteiger partial charge in [0.25, 0.3) is 21.9 Å². The summed E-state index contributed by atoms with van der Waals surface area (Å²) in [7, 11) is -5.05. The smallest absolute Gasteiger partial charge is 0.321 e. The molecule has 276 valence electrons. The minimum Gasteiger partial charge on any atom is -0.460 e. The number of hydrogen-bond acceptors (Lipinski definition) is 11. The Kier molecular flexibility index (Phi) is 15.4. The van der Waals surface area contributed by atoms with E-state index in [-0.39, 0.29) is 32.0 Å². The predicted molar refractivity (Wildman–Crippen MR) is 184 cm³/mol. The van der Waals surface area contributed by atoms with E-state index in [0.29, 0.717) is 16.2 Å². The lowest BCUT2D eigenvalue weighted by Crippen LogP contribution is -2.56. The maximum absolute atomic E-state index is 13.5. The summed E-state index contributed by atoms with van der Waals surface area (Å²) in [5, 5.41) is 7.79. The summed E-state index contributed by atoms with van der Waals surface area (Å²) in [6.45, 7) is 6.18. The van der Waals surface area contributed by atoms with Crippen LogP contribution in [-0.4, -0.2) is 101 Å². The Hall–Kier alpha value is -4.49. The van der Waals surface area contributed by atoms with E-state index in [9.17, 15) is 46.5 Å². The number of hydrogen-bond donors (Lipinski definition) is 6. The van der Waals surface area contributed by atoms with E-state index in [1.54, 1.807) is 58.2 Å². The number of benzene rings is 1. The van der Waals surface area contributed by atoms with Gasteiger partial charge in [-0.15, -0.1) is 11.8 Å². The number of thioether (sulfide) groups is 1. The van der Waals surface area contributed by atoms with Gasteiger partial charge in [0.1, 0.15) is 23.4 Å². The van der Waals surface area contributed by atoms with E-state index in [4.69, 9.17) is 10.5 Å². The fourth-order valence-corrected chi connectivity index (χ4v) is 5.43. The SMILES string of the molecule is CSC(C)(C)C(=O)OCc1ccc(NC(=O)[C@H](CCCNC(N)=O)NC(=O)[C@@H](NC(=O)[C@@H](CCN2C(=O)C=CC2=O)S(=O)(=O)O)C(C)C)cc1. The molecule has 0 bridgehead atoms. The highest BCUT2D eigenvalue weighted by Gasteiger charge is 2.37. The second kappa shape index (κ2) is 18.5. The normalized spacial score (nSPS) is 14.9. The number of nitrogens with one attached hydrogen (secondary N) is 4. The van der Waals surface area contributed by atoms with Crippen molar-refractivity contribution in [2.24, 2.45) is 11.7 Å². The second-order valence-electron chi connectivity index (χ2n) is 12.2. The molecule has 0 aromatic heterocycles. The van der Waals surface area contributed by atoms with Crippen LogP contribution < -0.4 is 27.0 Å². The second-order valence-corrected chi connectivity index (χ2v) is 15.2. The van der Waals surface area contributed by atoms with Crippen molar-refractivity contribution in [1.82, 2.24) is 20.9 Å². The van der Waals surface area contributed by atoms with E-state index >= 15 is 0 Å². The summed E-state index contributed by atoms with van der Waals surface area (Å²) >= 11 is 1.35. The molecule has 0 unspecified atom stereocenters. The van der Waals surface area contributed by atoms with E-state index in [0.717, 1.165) is 12.2 Å². The number of primary amides is 1. The summed E-state index contributed by atoms with van der Waals surface area (Å²) in [5.74, 6) is -5.23. The minimum absolute atomic E-state index is 0.00899. The number of amides is 7. The number of nitrogens with two attached hydrogens (primary N) is 1. The van der Waals surface area contributed by atoms with Crippen LogP contribution in [-0.2, 0) is 50.2 Å². The number of rotatable bonds is 19. The first-order valence-electron chi connectivity index (χ1n) is 15.5. The van der Waals surface area contributed by atoms with Crippen LogP contribution >= 0.6 is 11.8 Å². The predicted octanol–water partition coefficient (Wildman–Crippen LogP) is 0.456. The summed E-state index contributed by atoms with van der Waals surface area (Å²) in [6.07, 6.45) is 3.31. The number of anilines is 1. The van der Waals surface area contributed by atoms with E-state index in [1.807, 2.05) is 0 Å². The molecule has 1 aliphatic rings. The zero-order valence-corrected chi connectivity index (χ0v) is 30.0. The van der Waals surface area contributed by atoms with Crippen molar-refractivity contribution >= 4 is 69.1 Å². The Balaban J connectivity index is 2.16. The first-order valence-corrected chi connectivity index (χ1v) is 18.3. The fraction of sp³-hybridized carbons (Fsp3) is 0.516. The number of esters is 1. The number of imide groups is 1. The molecule has 0 fully saturated rings. The molecule has 0 saturated heterocycles. The number of nitrogens with zero attached hydrogens (tertiary/aromatic N) is 1. The Morgan fingerprint density at radius 3 is 2.08 bits per heavy atom. The molecule has 1 aromatic carbocycles. The van der Waals surface area contributed by atoms with E-state index in [1.165, 1.54) is 11.8 Å². The van der Waals surface area contributed by atoms with Crippen molar-refractivity contribution in [3.8, 4) is 0 Å². The van der Waals surface area contributed by atoms with Crippen LogP contribution in [0.15, 0.2) is 36.4 Å². The zero-order chi connectivity index (χ0) is 37.8. The summed E-state index contributed by atoms with van der Waals surface area (Å²) in [4.78, 5) is 87.7. The van der Waals surface area contributed by atoms with Crippen LogP contribution in [0, 0.1) is 5.92 Å². The monoisotopic (exact) mass is 740 g/mol. The lowest BCUT2D eigenvalue weighted by molar-refractivity contribution is -0.147. The number of carbonyl (C=O) groups is 7. The molecular weight excluding hydrogens is 697 g/mol. The Morgan fingerprint density at radius 1 is 0.960 bits per heavy atom. The molecule has 3 atom stereocenters. The first kappa shape index (κ1) is 41.7. The molecule has 1 heterocycles. The molecule has 7 N–H and O–H groups in total. The van der Waals surface area contributed by atoms with Crippen LogP contribution in [0.5, 0.6) is 0 Å². The van der Waals surface area contributed by atoms with Crippen molar-refractivity contribution in [3.05, 3.63) is 42.0 Å². The largest absolute Gasteiger partial charge is 0.460 e. The van der Waals surface area contributed by atoms with Gasteiger partial charge in [0, 0.05) is 30.9 Å². The molecular formula is C31H44N6O11S2. The third kappa shape index (κ3) is 12.8. The maximum Gasteiger partial charge on any atom is 0.321 e. The lowest BCUT2D eigenvalue weighted by atomic mass is 10.0. The van der Waals surface area contributed by atoms with Gasteiger partial charge in [0.05, 0.1) is 0 Å². The highest BCUT2D eigenvalue weighted by Crippen LogP contribution is 2.23. The third-order valence-corrected chi connectivity index (χ3v) is 9.97. The molecule has 2 rings (SSSR count). The zero-order valence-electron chi connectivity index (χ0n) is 28.4. The first-order chi connectivity index (χ1) is 23.3. The van der Waals surface area contributed by atoms with Crippen LogP contribution in [0.2, 0.25) is 0 Å². The standard InChI is InChI=1S/C31H44N6O11S2/c1-18(2)25(36-27(41)22(50(45,46)47)14-16-37-23(38)12-13-24(37)39)28(42)35-21(7-6-15-33-30(32)44)26(40)34-20-10-8-19(9-11-20)17-48-29(43)31(3,4)49-5/h8-13,18,21-22,25H,6-7,14-17H2,1-5H3,(H,34,40)(H,35,42)(H,36,41)(H3,32,33,44)(H,45,46,47)/t21-,22+,25-/m0/s1. The van der Waals surface area contributed by atoms with Gasteiger partial charge < -0.3 is 31.7 Å². The van der Waals surface area contributed by atoms with Gasteiger partial charge in [0.2, 0.25) is 17.7 Å². The molecule has 0 aliphatic carbocycles. The molecule has 19 heteroatoms. The quantitative estimate of drug-likeness (QED) is 0.0489. The Bertz CT molecular complexity index is 1560. The molecule has 1 aliphatic heterocycles. The van der Waals surface area contributed by atoms with Gasteiger partial charge in [0.15, 0.2) is 5.25 Å². The van der Waals surface area contributed by atoms with Crippen molar-refractivity contribution in [2.75, 3.05) is 24.7 Å². The van der Waals surface area contributed by atoms with E-state index < -0.39 is 86.6 Å². The number of carbonyl (C=O) groups excluding carboxylic acids is 7. The van der Waals surface area contributed by atoms with Gasteiger partial charge >= 0.3 is 12.0 Å². The maximum atomic E-state index is 13.5. The summed E-state index contributed by atoms with van der Waals surface area (Å²) < 4.78 is 38.6. The molecule has 7 amide bonds. The molecule has 50 heavy (non-hydrogen) atoms. The van der Waals surface area contributed by atoms with Gasteiger partial charge in [-0.1, -0.05) is 26.0 Å². The van der Waals surface area contributed by atoms with Gasteiger partial charge in [-0.2, -0.15) is 8.42 Å². The van der Waals surface area contributed by atoms with Crippen molar-refractivity contribution in [3.63, 3.8) is 0 Å². The van der Waals surface area contributed by atoms with E-state index in [2.05, 4.69) is 21.3 Å². The molecule has 0 saturated carbocycles. The van der Waals surface area contributed by atoms with Gasteiger partial charge in [-0.3, -0.25) is 38.2 Å². The average molecular weight is 741 g/mol. The lowest BCUT2D eigenvalue weighted by Gasteiger charge is -2.27. The van der Waals surface area contributed by atoms with Gasteiger partial charge in [-0.05, 0) is 63.0 Å². The Morgan fingerprint density at radius 2 is 1.56 bits per heavy atom. The summed E-state index contributed by atoms with van der Waals surface area (Å²) in [6, 6.07) is 3.04.